The Morgan fingerprint density at radius 2 is 1.77 bits per heavy atom. The van der Waals surface area contributed by atoms with Gasteiger partial charge in [0.05, 0.1) is 17.3 Å². The van der Waals surface area contributed by atoms with Crippen molar-refractivity contribution in [3.8, 4) is 23.5 Å². The van der Waals surface area contributed by atoms with E-state index in [9.17, 15) is 4.79 Å². The smallest absolute Gasteiger partial charge is 0.255 e. The van der Waals surface area contributed by atoms with Gasteiger partial charge in [0.2, 0.25) is 5.88 Å². The molecule has 0 spiro atoms. The third kappa shape index (κ3) is 4.31. The maximum atomic E-state index is 12.3. The minimum atomic E-state index is -0.261. The fourth-order valence-electron chi connectivity index (χ4n) is 2.66. The molecule has 0 unspecified atom stereocenters. The molecule has 1 amide bonds. The molecule has 0 saturated heterocycles. The Morgan fingerprint density at radius 1 is 1.00 bits per heavy atom. The number of rotatable bonds is 5. The van der Waals surface area contributed by atoms with Crippen molar-refractivity contribution in [2.75, 3.05) is 5.32 Å². The molecule has 2 heterocycles. The zero-order valence-electron chi connectivity index (χ0n) is 16.0. The standard InChI is InChI=1S/C22H16N6O2/c1-15-12-13-28(27-15)20-10-11-21(26-25-20)30-19-8-6-18(7-9-19)24-22(29)17-4-2-16(14-23)3-5-17/h2-13H,1H3,(H,24,29). The summed E-state index contributed by atoms with van der Waals surface area (Å²) in [7, 11) is 0. The quantitative estimate of drug-likeness (QED) is 0.549. The maximum absolute atomic E-state index is 12.3. The molecule has 4 rings (SSSR count). The minimum Gasteiger partial charge on any atom is -0.438 e. The third-order valence-corrected chi connectivity index (χ3v) is 4.19. The van der Waals surface area contributed by atoms with E-state index in [-0.39, 0.29) is 5.91 Å². The van der Waals surface area contributed by atoms with E-state index < -0.39 is 0 Å². The van der Waals surface area contributed by atoms with E-state index in [2.05, 4.69) is 20.6 Å². The number of nitrogens with one attached hydrogen (secondary N) is 1. The number of amides is 1. The van der Waals surface area contributed by atoms with Crippen molar-refractivity contribution in [1.29, 1.82) is 5.26 Å². The number of benzene rings is 2. The van der Waals surface area contributed by atoms with Crippen molar-refractivity contribution in [2.24, 2.45) is 0 Å². The largest absolute Gasteiger partial charge is 0.438 e. The van der Waals surface area contributed by atoms with Gasteiger partial charge in [-0.05, 0) is 67.6 Å². The van der Waals surface area contributed by atoms with Crippen LogP contribution in [0, 0.1) is 18.3 Å². The second-order valence-corrected chi connectivity index (χ2v) is 6.40. The highest BCUT2D eigenvalue weighted by molar-refractivity contribution is 6.04. The van der Waals surface area contributed by atoms with Crippen LogP contribution in [0.5, 0.6) is 11.6 Å². The molecule has 0 bridgehead atoms. The van der Waals surface area contributed by atoms with Crippen LogP contribution in [0.25, 0.3) is 5.82 Å². The average Bonchev–Trinajstić information content (AvgIpc) is 3.22. The maximum Gasteiger partial charge on any atom is 0.255 e. The molecular formula is C22H16N6O2. The van der Waals surface area contributed by atoms with Gasteiger partial charge in [-0.25, -0.2) is 4.68 Å². The molecule has 8 heteroatoms. The van der Waals surface area contributed by atoms with E-state index in [4.69, 9.17) is 10.00 Å². The van der Waals surface area contributed by atoms with Gasteiger partial charge in [0.25, 0.3) is 5.91 Å². The molecule has 1 N–H and O–H groups in total. The van der Waals surface area contributed by atoms with Gasteiger partial charge in [0.1, 0.15) is 5.75 Å². The molecule has 2 aromatic carbocycles. The molecular weight excluding hydrogens is 380 g/mol. The Kier molecular flexibility index (Phi) is 5.17. The van der Waals surface area contributed by atoms with Gasteiger partial charge in [-0.15, -0.1) is 10.2 Å². The van der Waals surface area contributed by atoms with Crippen LogP contribution >= 0.6 is 0 Å². The van der Waals surface area contributed by atoms with E-state index in [0.29, 0.717) is 34.3 Å². The van der Waals surface area contributed by atoms with Crippen LogP contribution in [-0.4, -0.2) is 25.9 Å². The molecule has 0 fully saturated rings. The summed E-state index contributed by atoms with van der Waals surface area (Å²) < 4.78 is 7.33. The molecule has 2 aromatic heterocycles. The van der Waals surface area contributed by atoms with Crippen LogP contribution in [0.4, 0.5) is 5.69 Å². The Balaban J connectivity index is 1.38. The summed E-state index contributed by atoms with van der Waals surface area (Å²) in [4.78, 5) is 12.3. The fourth-order valence-corrected chi connectivity index (χ4v) is 2.66. The minimum absolute atomic E-state index is 0.261. The number of nitrogens with zero attached hydrogens (tertiary/aromatic N) is 5. The Labute approximate surface area is 172 Å². The lowest BCUT2D eigenvalue weighted by molar-refractivity contribution is 0.102. The zero-order valence-corrected chi connectivity index (χ0v) is 16.0. The van der Waals surface area contributed by atoms with Crippen LogP contribution in [-0.2, 0) is 0 Å². The van der Waals surface area contributed by atoms with Crippen LogP contribution in [0.15, 0.2) is 72.9 Å². The highest BCUT2D eigenvalue weighted by Gasteiger charge is 2.07. The summed E-state index contributed by atoms with van der Waals surface area (Å²) in [6.07, 6.45) is 1.81. The number of carbonyl (C=O) groups is 1. The fraction of sp³-hybridized carbons (Fsp3) is 0.0455. The lowest BCUT2D eigenvalue weighted by Gasteiger charge is -2.08. The highest BCUT2D eigenvalue weighted by Crippen LogP contribution is 2.22. The molecule has 0 aliphatic heterocycles. The Bertz CT molecular complexity index is 1210. The molecule has 0 radical (unpaired) electrons. The van der Waals surface area contributed by atoms with Crippen molar-refractivity contribution in [3.05, 3.63) is 89.7 Å². The van der Waals surface area contributed by atoms with Crippen molar-refractivity contribution >= 4 is 11.6 Å². The third-order valence-electron chi connectivity index (χ3n) is 4.19. The number of nitriles is 1. The molecule has 146 valence electrons. The van der Waals surface area contributed by atoms with E-state index in [1.807, 2.05) is 25.3 Å². The van der Waals surface area contributed by atoms with Crippen molar-refractivity contribution in [2.45, 2.75) is 6.92 Å². The van der Waals surface area contributed by atoms with Crippen molar-refractivity contribution < 1.29 is 9.53 Å². The van der Waals surface area contributed by atoms with Crippen LogP contribution in [0.1, 0.15) is 21.6 Å². The summed E-state index contributed by atoms with van der Waals surface area (Å²) in [6, 6.07) is 20.7. The predicted molar refractivity (Wildman–Crippen MR) is 110 cm³/mol. The second kappa shape index (κ2) is 8.24. The summed E-state index contributed by atoms with van der Waals surface area (Å²) in [5.41, 5.74) is 2.48. The summed E-state index contributed by atoms with van der Waals surface area (Å²) in [5.74, 6) is 1.24. The van der Waals surface area contributed by atoms with Crippen molar-refractivity contribution in [3.63, 3.8) is 0 Å². The van der Waals surface area contributed by atoms with Crippen LogP contribution < -0.4 is 10.1 Å². The number of ether oxygens (including phenoxy) is 1. The topological polar surface area (TPSA) is 106 Å². The van der Waals surface area contributed by atoms with Crippen molar-refractivity contribution in [1.82, 2.24) is 20.0 Å². The van der Waals surface area contributed by atoms with E-state index in [1.165, 1.54) is 0 Å². The van der Waals surface area contributed by atoms with Gasteiger partial charge in [-0.3, -0.25) is 4.79 Å². The first-order valence-corrected chi connectivity index (χ1v) is 9.06. The van der Waals surface area contributed by atoms with Gasteiger partial charge < -0.3 is 10.1 Å². The molecule has 8 nitrogen and oxygen atoms in total. The number of carbonyl (C=O) groups excluding carboxylic acids is 1. The number of hydrogen-bond donors (Lipinski definition) is 1. The first kappa shape index (κ1) is 18.8. The molecule has 0 saturated carbocycles. The van der Waals surface area contributed by atoms with E-state index in [1.54, 1.807) is 65.3 Å². The molecule has 0 atom stereocenters. The molecule has 30 heavy (non-hydrogen) atoms. The van der Waals surface area contributed by atoms with Gasteiger partial charge in [-0.2, -0.15) is 10.4 Å². The first-order valence-electron chi connectivity index (χ1n) is 9.06. The molecule has 0 aliphatic rings. The molecule has 0 aliphatic carbocycles. The van der Waals surface area contributed by atoms with Gasteiger partial charge >= 0.3 is 0 Å². The lowest BCUT2D eigenvalue weighted by atomic mass is 10.1. The average molecular weight is 396 g/mol. The number of aryl methyl sites for hydroxylation is 1. The second-order valence-electron chi connectivity index (χ2n) is 6.40. The SMILES string of the molecule is Cc1ccn(-c2ccc(Oc3ccc(NC(=O)c4ccc(C#N)cc4)cc3)nn2)n1. The summed E-state index contributed by atoms with van der Waals surface area (Å²) in [6.45, 7) is 1.90. The first-order chi connectivity index (χ1) is 14.6. The predicted octanol–water partition coefficient (Wildman–Crippen LogP) is 3.89. The van der Waals surface area contributed by atoms with E-state index in [0.717, 1.165) is 5.69 Å². The van der Waals surface area contributed by atoms with Gasteiger partial charge in [-0.1, -0.05) is 0 Å². The highest BCUT2D eigenvalue weighted by atomic mass is 16.5. The Hall–Kier alpha value is -4.51. The van der Waals surface area contributed by atoms with Crippen LogP contribution in [0.2, 0.25) is 0 Å². The number of aromatic nitrogens is 4. The monoisotopic (exact) mass is 396 g/mol. The summed E-state index contributed by atoms with van der Waals surface area (Å²) >= 11 is 0. The molecule has 4 aromatic rings. The zero-order chi connectivity index (χ0) is 20.9. The lowest BCUT2D eigenvalue weighted by Crippen LogP contribution is -2.11. The number of hydrogen-bond acceptors (Lipinski definition) is 6. The van der Waals surface area contributed by atoms with Gasteiger partial charge in [0, 0.05) is 23.5 Å². The van der Waals surface area contributed by atoms with Gasteiger partial charge in [0.15, 0.2) is 5.82 Å². The Morgan fingerprint density at radius 3 is 2.37 bits per heavy atom. The van der Waals surface area contributed by atoms with Crippen LogP contribution in [0.3, 0.4) is 0 Å². The normalized spacial score (nSPS) is 10.3. The van der Waals surface area contributed by atoms with E-state index >= 15 is 0 Å². The number of anilines is 1. The summed E-state index contributed by atoms with van der Waals surface area (Å²) in [5, 5.41) is 24.1.